The van der Waals surface area contributed by atoms with E-state index in [1.807, 2.05) is 0 Å². The molecule has 1 unspecified atom stereocenters. The molecule has 0 bridgehead atoms. The number of rotatable bonds is 6. The standard InChI is InChI=1S/C26H20F3NO7/c1-35-18-11-12-20(36-2)19(13-18)23(32)21-22(14-3-7-16(31)8-4-14)30(25(34)24(21)33)15-5-9-17(10-6-15)37-26(27,28)29/h3-13,22,31-32H,1-2H3/b23-21+. The number of amides is 1. The van der Waals surface area contributed by atoms with E-state index in [2.05, 4.69) is 4.74 Å². The fourth-order valence-corrected chi connectivity index (χ4v) is 4.02. The number of carbonyl (C=O) groups is 2. The second-order valence-electron chi connectivity index (χ2n) is 7.87. The van der Waals surface area contributed by atoms with Crippen molar-refractivity contribution in [1.82, 2.24) is 0 Å². The molecule has 37 heavy (non-hydrogen) atoms. The summed E-state index contributed by atoms with van der Waals surface area (Å²) in [6, 6.07) is 13.3. The Hall–Kier alpha value is -4.67. The van der Waals surface area contributed by atoms with Crippen LogP contribution in [0.25, 0.3) is 5.76 Å². The van der Waals surface area contributed by atoms with E-state index in [1.54, 1.807) is 6.07 Å². The lowest BCUT2D eigenvalue weighted by atomic mass is 9.94. The summed E-state index contributed by atoms with van der Waals surface area (Å²) in [5.41, 5.74) is 0.206. The minimum atomic E-state index is -4.91. The van der Waals surface area contributed by atoms with Crippen LogP contribution in [0.2, 0.25) is 0 Å². The second-order valence-corrected chi connectivity index (χ2v) is 7.87. The number of methoxy groups -OCH3 is 2. The van der Waals surface area contributed by atoms with Crippen molar-refractivity contribution in [2.75, 3.05) is 19.1 Å². The third kappa shape index (κ3) is 5.01. The number of halogens is 3. The first-order chi connectivity index (χ1) is 17.5. The van der Waals surface area contributed by atoms with Gasteiger partial charge < -0.3 is 24.4 Å². The third-order valence-corrected chi connectivity index (χ3v) is 5.66. The van der Waals surface area contributed by atoms with Crippen molar-refractivity contribution in [3.63, 3.8) is 0 Å². The van der Waals surface area contributed by atoms with Gasteiger partial charge in [0.05, 0.1) is 31.4 Å². The number of benzene rings is 3. The number of phenolic OH excluding ortho intramolecular Hbond substituents is 1. The number of ketones is 1. The van der Waals surface area contributed by atoms with Gasteiger partial charge in [0.2, 0.25) is 0 Å². The summed E-state index contributed by atoms with van der Waals surface area (Å²) < 4.78 is 52.2. The summed E-state index contributed by atoms with van der Waals surface area (Å²) in [5.74, 6) is -2.66. The normalized spacial score (nSPS) is 17.1. The van der Waals surface area contributed by atoms with Gasteiger partial charge in [-0.15, -0.1) is 13.2 Å². The van der Waals surface area contributed by atoms with Gasteiger partial charge in [0.25, 0.3) is 11.7 Å². The van der Waals surface area contributed by atoms with E-state index in [4.69, 9.17) is 9.47 Å². The maximum Gasteiger partial charge on any atom is 0.573 e. The summed E-state index contributed by atoms with van der Waals surface area (Å²) in [6.07, 6.45) is -4.91. The van der Waals surface area contributed by atoms with Crippen LogP contribution in [-0.2, 0) is 9.59 Å². The van der Waals surface area contributed by atoms with Gasteiger partial charge in [-0.1, -0.05) is 12.1 Å². The van der Waals surface area contributed by atoms with E-state index in [-0.39, 0.29) is 28.3 Å². The first kappa shape index (κ1) is 25.4. The minimum absolute atomic E-state index is 0.0753. The number of phenols is 1. The Kier molecular flexibility index (Phi) is 6.71. The van der Waals surface area contributed by atoms with E-state index in [9.17, 15) is 33.0 Å². The molecular formula is C26H20F3NO7. The Morgan fingerprint density at radius 3 is 2.08 bits per heavy atom. The fraction of sp³-hybridized carbons (Fsp3) is 0.154. The number of hydrogen-bond donors (Lipinski definition) is 2. The van der Waals surface area contributed by atoms with Crippen LogP contribution in [0.4, 0.5) is 18.9 Å². The number of ether oxygens (including phenoxy) is 3. The minimum Gasteiger partial charge on any atom is -0.508 e. The molecule has 1 atom stereocenters. The van der Waals surface area contributed by atoms with Crippen molar-refractivity contribution in [3.8, 4) is 23.0 Å². The highest BCUT2D eigenvalue weighted by Gasteiger charge is 2.47. The average Bonchev–Trinajstić information content (AvgIpc) is 3.13. The van der Waals surface area contributed by atoms with Gasteiger partial charge in [0.1, 0.15) is 28.8 Å². The van der Waals surface area contributed by atoms with Gasteiger partial charge in [-0.3, -0.25) is 14.5 Å². The number of aliphatic hydroxyl groups is 1. The maximum atomic E-state index is 13.3. The van der Waals surface area contributed by atoms with Crippen molar-refractivity contribution in [3.05, 3.63) is 83.4 Å². The van der Waals surface area contributed by atoms with E-state index in [0.29, 0.717) is 11.3 Å². The number of aromatic hydroxyl groups is 1. The van der Waals surface area contributed by atoms with Gasteiger partial charge in [-0.2, -0.15) is 0 Å². The zero-order chi connectivity index (χ0) is 26.9. The highest BCUT2D eigenvalue weighted by Crippen LogP contribution is 2.44. The molecule has 1 fully saturated rings. The highest BCUT2D eigenvalue weighted by atomic mass is 19.4. The van der Waals surface area contributed by atoms with Crippen molar-refractivity contribution < 1.29 is 47.2 Å². The number of anilines is 1. The lowest BCUT2D eigenvalue weighted by Gasteiger charge is -2.26. The number of alkyl halides is 3. The molecule has 0 saturated carbocycles. The molecule has 0 radical (unpaired) electrons. The van der Waals surface area contributed by atoms with Gasteiger partial charge in [-0.05, 0) is 60.2 Å². The van der Waals surface area contributed by atoms with Crippen LogP contribution in [0, 0.1) is 0 Å². The van der Waals surface area contributed by atoms with Crippen LogP contribution in [0.5, 0.6) is 23.0 Å². The molecule has 1 heterocycles. The molecule has 0 aliphatic carbocycles. The molecule has 3 aromatic rings. The zero-order valence-electron chi connectivity index (χ0n) is 19.4. The zero-order valence-corrected chi connectivity index (χ0v) is 19.4. The molecule has 0 spiro atoms. The van der Waals surface area contributed by atoms with Gasteiger partial charge >= 0.3 is 6.36 Å². The van der Waals surface area contributed by atoms with Gasteiger partial charge in [0, 0.05) is 5.69 Å². The lowest BCUT2D eigenvalue weighted by Crippen LogP contribution is -2.29. The maximum absolute atomic E-state index is 13.3. The Balaban J connectivity index is 1.90. The molecule has 0 aromatic heterocycles. The van der Waals surface area contributed by atoms with E-state index < -0.39 is 35.6 Å². The molecule has 1 amide bonds. The van der Waals surface area contributed by atoms with Crippen LogP contribution in [0.15, 0.2) is 72.3 Å². The molecule has 1 aliphatic rings. The Bertz CT molecular complexity index is 1370. The Morgan fingerprint density at radius 2 is 1.51 bits per heavy atom. The van der Waals surface area contributed by atoms with Crippen LogP contribution < -0.4 is 19.1 Å². The third-order valence-electron chi connectivity index (χ3n) is 5.66. The molecule has 8 nitrogen and oxygen atoms in total. The predicted molar refractivity (Wildman–Crippen MR) is 126 cm³/mol. The quantitative estimate of drug-likeness (QED) is 0.272. The van der Waals surface area contributed by atoms with E-state index >= 15 is 0 Å². The first-order valence-corrected chi connectivity index (χ1v) is 10.7. The first-order valence-electron chi connectivity index (χ1n) is 10.7. The summed E-state index contributed by atoms with van der Waals surface area (Å²) in [6.45, 7) is 0. The largest absolute Gasteiger partial charge is 0.573 e. The fourth-order valence-electron chi connectivity index (χ4n) is 4.02. The van der Waals surface area contributed by atoms with Gasteiger partial charge in [-0.25, -0.2) is 0 Å². The average molecular weight is 515 g/mol. The van der Waals surface area contributed by atoms with Crippen LogP contribution in [0.1, 0.15) is 17.2 Å². The molecule has 1 saturated heterocycles. The molecule has 1 aliphatic heterocycles. The number of carbonyl (C=O) groups excluding carboxylic acids is 2. The number of hydrogen-bond acceptors (Lipinski definition) is 7. The summed E-state index contributed by atoms with van der Waals surface area (Å²) >= 11 is 0. The summed E-state index contributed by atoms with van der Waals surface area (Å²) in [5, 5.41) is 21.1. The van der Waals surface area contributed by atoms with Crippen LogP contribution in [0.3, 0.4) is 0 Å². The number of Topliss-reactive ketones (excluding diaryl/α,β-unsaturated/α-hetero) is 1. The van der Waals surface area contributed by atoms with Crippen LogP contribution >= 0.6 is 0 Å². The predicted octanol–water partition coefficient (Wildman–Crippen LogP) is 4.93. The molecule has 2 N–H and O–H groups in total. The summed E-state index contributed by atoms with van der Waals surface area (Å²) in [7, 11) is 2.77. The number of aliphatic hydroxyl groups excluding tert-OH is 1. The number of nitrogens with zero attached hydrogens (tertiary/aromatic N) is 1. The van der Waals surface area contributed by atoms with E-state index in [1.165, 1.54) is 62.8 Å². The van der Waals surface area contributed by atoms with Crippen LogP contribution in [-0.4, -0.2) is 42.5 Å². The highest BCUT2D eigenvalue weighted by molar-refractivity contribution is 6.51. The molecule has 192 valence electrons. The Labute approximate surface area is 208 Å². The van der Waals surface area contributed by atoms with Gasteiger partial charge in [0.15, 0.2) is 0 Å². The molecule has 4 rings (SSSR count). The monoisotopic (exact) mass is 515 g/mol. The van der Waals surface area contributed by atoms with Crippen molar-refractivity contribution in [2.24, 2.45) is 0 Å². The smallest absolute Gasteiger partial charge is 0.508 e. The molecule has 11 heteroatoms. The summed E-state index contributed by atoms with van der Waals surface area (Å²) in [4.78, 5) is 27.5. The van der Waals surface area contributed by atoms with Crippen molar-refractivity contribution in [1.29, 1.82) is 0 Å². The molecular weight excluding hydrogens is 495 g/mol. The molecule has 3 aromatic carbocycles. The van der Waals surface area contributed by atoms with E-state index in [0.717, 1.165) is 17.0 Å². The topological polar surface area (TPSA) is 106 Å². The second kappa shape index (κ2) is 9.76. The Morgan fingerprint density at radius 1 is 0.892 bits per heavy atom. The SMILES string of the molecule is COc1ccc(OC)c(/C(O)=C2\C(=O)C(=O)N(c3ccc(OC(F)(F)F)cc3)C2c2ccc(O)cc2)c1. The van der Waals surface area contributed by atoms with Crippen molar-refractivity contribution >= 4 is 23.1 Å². The lowest BCUT2D eigenvalue weighted by molar-refractivity contribution is -0.274. The van der Waals surface area contributed by atoms with Crippen molar-refractivity contribution in [2.45, 2.75) is 12.4 Å².